The van der Waals surface area contributed by atoms with Crippen LogP contribution in [-0.2, 0) is 4.79 Å². The van der Waals surface area contributed by atoms with Crippen molar-refractivity contribution < 1.29 is 4.79 Å². The Morgan fingerprint density at radius 1 is 1.50 bits per heavy atom. The molecular formula is C6H15NO. The van der Waals surface area contributed by atoms with Gasteiger partial charge in [0.2, 0.25) is 0 Å². The van der Waals surface area contributed by atoms with Crippen molar-refractivity contribution >= 4 is 5.78 Å². The van der Waals surface area contributed by atoms with Gasteiger partial charge in [-0.15, -0.1) is 0 Å². The lowest BCUT2D eigenvalue weighted by molar-refractivity contribution is -0.116. The Morgan fingerprint density at radius 3 is 1.88 bits per heavy atom. The molecule has 0 rings (SSSR count). The zero-order valence-corrected chi connectivity index (χ0v) is 5.90. The van der Waals surface area contributed by atoms with Crippen molar-refractivity contribution in [1.29, 1.82) is 0 Å². The van der Waals surface area contributed by atoms with Gasteiger partial charge in [0.1, 0.15) is 5.78 Å². The number of Topliss-reactive ketones (excluding diaryl/α,β-unsaturated/α-hetero) is 1. The van der Waals surface area contributed by atoms with Crippen LogP contribution in [-0.4, -0.2) is 12.3 Å². The molecule has 2 heteroatoms. The van der Waals surface area contributed by atoms with Crippen molar-refractivity contribution in [2.24, 2.45) is 5.73 Å². The largest absolute Gasteiger partial charge is 0.330 e. The van der Waals surface area contributed by atoms with E-state index in [9.17, 15) is 4.79 Å². The number of ketones is 1. The molecule has 0 unspecified atom stereocenters. The van der Waals surface area contributed by atoms with E-state index < -0.39 is 0 Å². The van der Waals surface area contributed by atoms with Crippen molar-refractivity contribution in [3.05, 3.63) is 0 Å². The van der Waals surface area contributed by atoms with Gasteiger partial charge < -0.3 is 5.73 Å². The Morgan fingerprint density at radius 2 is 1.88 bits per heavy atom. The van der Waals surface area contributed by atoms with Gasteiger partial charge in [-0.2, -0.15) is 0 Å². The van der Waals surface area contributed by atoms with Crippen molar-refractivity contribution in [2.45, 2.75) is 27.2 Å². The highest BCUT2D eigenvalue weighted by atomic mass is 16.1. The van der Waals surface area contributed by atoms with E-state index in [1.54, 1.807) is 0 Å². The quantitative estimate of drug-likeness (QED) is 0.585. The molecule has 0 atom stereocenters. The van der Waals surface area contributed by atoms with Crippen LogP contribution in [0.5, 0.6) is 0 Å². The minimum atomic E-state index is 0.164. The van der Waals surface area contributed by atoms with Crippen molar-refractivity contribution in [2.75, 3.05) is 6.54 Å². The Labute approximate surface area is 51.1 Å². The van der Waals surface area contributed by atoms with Crippen molar-refractivity contribution in [1.82, 2.24) is 0 Å². The zero-order chi connectivity index (χ0) is 6.99. The maximum Gasteiger partial charge on any atom is 0.131 e. The van der Waals surface area contributed by atoms with E-state index in [4.69, 9.17) is 5.73 Å². The van der Waals surface area contributed by atoms with Gasteiger partial charge in [0.25, 0.3) is 0 Å². The molecule has 0 radical (unpaired) electrons. The zero-order valence-electron chi connectivity index (χ0n) is 5.90. The lowest BCUT2D eigenvalue weighted by atomic mass is 10.3. The molecule has 0 saturated carbocycles. The first-order valence-corrected chi connectivity index (χ1v) is 2.97. The fourth-order valence-corrected chi connectivity index (χ4v) is 0.203. The first kappa shape index (κ1) is 10.6. The molecule has 0 aliphatic heterocycles. The van der Waals surface area contributed by atoms with Gasteiger partial charge in [0.05, 0.1) is 0 Å². The molecule has 2 N–H and O–H groups in total. The fraction of sp³-hybridized carbons (Fsp3) is 0.833. The summed E-state index contributed by atoms with van der Waals surface area (Å²) < 4.78 is 0. The normalized spacial score (nSPS) is 7.00. The second-order valence-electron chi connectivity index (χ2n) is 1.24. The molecule has 2 nitrogen and oxygen atoms in total. The van der Waals surface area contributed by atoms with Gasteiger partial charge in [0, 0.05) is 6.42 Å². The van der Waals surface area contributed by atoms with E-state index in [1.807, 2.05) is 13.8 Å². The third kappa shape index (κ3) is 17.4. The summed E-state index contributed by atoms with van der Waals surface area (Å²) in [7, 11) is 0. The van der Waals surface area contributed by atoms with Crippen molar-refractivity contribution in [3.63, 3.8) is 0 Å². The molecule has 0 aromatic heterocycles. The van der Waals surface area contributed by atoms with Gasteiger partial charge in [-0.05, 0) is 13.5 Å². The Balaban J connectivity index is 0. The number of carbonyl (C=O) groups excluding carboxylic acids is 1. The highest BCUT2D eigenvalue weighted by Crippen LogP contribution is 1.71. The maximum atomic E-state index is 9.96. The summed E-state index contributed by atoms with van der Waals surface area (Å²) in [4.78, 5) is 9.96. The lowest BCUT2D eigenvalue weighted by Gasteiger charge is -1.81. The van der Waals surface area contributed by atoms with Gasteiger partial charge in [-0.25, -0.2) is 0 Å². The first-order chi connectivity index (χ1) is 3.77. The van der Waals surface area contributed by atoms with Crippen LogP contribution in [0.3, 0.4) is 0 Å². The van der Waals surface area contributed by atoms with Crippen LogP contribution in [0.1, 0.15) is 27.2 Å². The fourth-order valence-electron chi connectivity index (χ4n) is 0.203. The van der Waals surface area contributed by atoms with Gasteiger partial charge in [-0.1, -0.05) is 13.8 Å². The summed E-state index contributed by atoms with van der Waals surface area (Å²) in [5.74, 6) is 0.164. The molecule has 50 valence electrons. The molecule has 0 aromatic carbocycles. The van der Waals surface area contributed by atoms with Crippen LogP contribution in [0.15, 0.2) is 0 Å². The van der Waals surface area contributed by atoms with Gasteiger partial charge in [0.15, 0.2) is 0 Å². The van der Waals surface area contributed by atoms with Crippen molar-refractivity contribution in [3.8, 4) is 0 Å². The molecule has 0 bridgehead atoms. The third-order valence-electron chi connectivity index (χ3n) is 0.496. The molecule has 0 heterocycles. The van der Waals surface area contributed by atoms with Crippen LogP contribution >= 0.6 is 0 Å². The van der Waals surface area contributed by atoms with Crippen LogP contribution < -0.4 is 5.73 Å². The number of carbonyl (C=O) groups is 1. The molecule has 0 aliphatic rings. The summed E-state index contributed by atoms with van der Waals surface area (Å²) in [6.07, 6.45) is 0.514. The molecule has 0 aliphatic carbocycles. The van der Waals surface area contributed by atoms with E-state index in [2.05, 4.69) is 0 Å². The highest BCUT2D eigenvalue weighted by molar-refractivity contribution is 5.75. The number of rotatable bonds is 2. The molecule has 0 aromatic rings. The molecular weight excluding hydrogens is 102 g/mol. The summed E-state index contributed by atoms with van der Waals surface area (Å²) in [5, 5.41) is 0. The predicted octanol–water partition coefficient (Wildman–Crippen LogP) is 0.950. The number of hydrogen-bond acceptors (Lipinski definition) is 2. The second-order valence-corrected chi connectivity index (χ2v) is 1.24. The Hall–Kier alpha value is -0.370. The summed E-state index contributed by atoms with van der Waals surface area (Å²) in [6, 6.07) is 0. The number of hydrogen-bond donors (Lipinski definition) is 1. The van der Waals surface area contributed by atoms with Crippen LogP contribution in [0.25, 0.3) is 0 Å². The smallest absolute Gasteiger partial charge is 0.131 e. The summed E-state index contributed by atoms with van der Waals surface area (Å²) in [5.41, 5.74) is 5.01. The van der Waals surface area contributed by atoms with Crippen LogP contribution in [0.2, 0.25) is 0 Å². The molecule has 0 saturated heterocycles. The average molecular weight is 117 g/mol. The monoisotopic (exact) mass is 117 g/mol. The second kappa shape index (κ2) is 9.80. The van der Waals surface area contributed by atoms with Gasteiger partial charge >= 0.3 is 0 Å². The maximum absolute atomic E-state index is 9.96. The summed E-state index contributed by atoms with van der Waals surface area (Å²) in [6.45, 7) is 6.02. The average Bonchev–Trinajstić information content (AvgIpc) is 1.72. The molecule has 0 amide bonds. The number of nitrogens with two attached hydrogens (primary N) is 1. The van der Waals surface area contributed by atoms with Gasteiger partial charge in [-0.3, -0.25) is 4.79 Å². The van der Waals surface area contributed by atoms with E-state index in [1.165, 1.54) is 6.92 Å². The Bertz CT molecular complexity index is 52.5. The molecule has 0 spiro atoms. The summed E-state index contributed by atoms with van der Waals surface area (Å²) >= 11 is 0. The lowest BCUT2D eigenvalue weighted by Crippen LogP contribution is -2.03. The van der Waals surface area contributed by atoms with E-state index in [0.29, 0.717) is 13.0 Å². The van der Waals surface area contributed by atoms with E-state index in [0.717, 1.165) is 0 Å². The minimum absolute atomic E-state index is 0.164. The standard InChI is InChI=1S/C4H9NO.C2H6/c1-4(6)2-3-5;1-2/h2-3,5H2,1H3;1-2H3. The predicted molar refractivity (Wildman–Crippen MR) is 35.7 cm³/mol. The van der Waals surface area contributed by atoms with E-state index >= 15 is 0 Å². The van der Waals surface area contributed by atoms with E-state index in [-0.39, 0.29) is 5.78 Å². The topological polar surface area (TPSA) is 43.1 Å². The minimum Gasteiger partial charge on any atom is -0.330 e. The molecule has 8 heavy (non-hydrogen) atoms. The SMILES string of the molecule is CC.CC(=O)CCN. The Kier molecular flexibility index (Phi) is 13.0. The third-order valence-corrected chi connectivity index (χ3v) is 0.496. The van der Waals surface area contributed by atoms with Crippen LogP contribution in [0.4, 0.5) is 0 Å². The van der Waals surface area contributed by atoms with Crippen LogP contribution in [0, 0.1) is 0 Å². The molecule has 0 fully saturated rings. The first-order valence-electron chi connectivity index (χ1n) is 2.97. The highest BCUT2D eigenvalue weighted by Gasteiger charge is 1.83.